The second-order valence-corrected chi connectivity index (χ2v) is 9.45. The molecule has 1 aromatic carbocycles. The van der Waals surface area contributed by atoms with Crippen molar-refractivity contribution in [1.29, 1.82) is 0 Å². The van der Waals surface area contributed by atoms with Crippen molar-refractivity contribution in [3.63, 3.8) is 0 Å². The highest BCUT2D eigenvalue weighted by atomic mass is 35.5. The Bertz CT molecular complexity index is 1050. The number of nitrogens with one attached hydrogen (secondary N) is 1. The maximum atomic E-state index is 11.9. The van der Waals surface area contributed by atoms with E-state index in [1.165, 1.54) is 12.1 Å². The van der Waals surface area contributed by atoms with Crippen molar-refractivity contribution >= 4 is 57.0 Å². The van der Waals surface area contributed by atoms with Crippen LogP contribution in [0.5, 0.6) is 5.75 Å². The van der Waals surface area contributed by atoms with Crippen LogP contribution in [0, 0.1) is 0 Å². The van der Waals surface area contributed by atoms with Gasteiger partial charge in [0.1, 0.15) is 17.0 Å². The van der Waals surface area contributed by atoms with Crippen molar-refractivity contribution in [3.8, 4) is 5.75 Å². The normalized spacial score (nSPS) is 20.5. The van der Waals surface area contributed by atoms with Crippen LogP contribution in [-0.2, 0) is 34.1 Å². The summed E-state index contributed by atoms with van der Waals surface area (Å²) in [6.45, 7) is 0.00932. The van der Waals surface area contributed by atoms with Gasteiger partial charge in [0.15, 0.2) is 6.61 Å². The topological polar surface area (TPSA) is 173 Å². The van der Waals surface area contributed by atoms with E-state index in [4.69, 9.17) is 32.5 Å². The first-order valence-corrected chi connectivity index (χ1v) is 11.8. The predicted octanol–water partition coefficient (Wildman–Crippen LogP) is 1.43. The number of unbranched alkanes of at least 4 members (excludes halogenated alkanes) is 2. The van der Waals surface area contributed by atoms with Gasteiger partial charge in [-0.1, -0.05) is 29.6 Å². The molecule has 1 aliphatic rings. The van der Waals surface area contributed by atoms with Crippen molar-refractivity contribution in [2.45, 2.75) is 37.4 Å². The third-order valence-corrected chi connectivity index (χ3v) is 6.12. The van der Waals surface area contributed by atoms with Gasteiger partial charge in [-0.2, -0.15) is 13.6 Å². The Balaban J connectivity index is 1.65. The second kappa shape index (κ2) is 11.2. The zero-order valence-electron chi connectivity index (χ0n) is 17.0. The number of ether oxygens (including phenoxy) is 1. The van der Waals surface area contributed by atoms with Crippen LogP contribution in [-0.4, -0.2) is 65.1 Å². The number of carbonyl (C=O) groups excluding carboxylic acids is 4. The van der Waals surface area contributed by atoms with Crippen molar-refractivity contribution in [3.05, 3.63) is 28.2 Å². The number of hydroxylamine groups is 4. The first-order valence-electron chi connectivity index (χ1n) is 9.57. The van der Waals surface area contributed by atoms with Crippen LogP contribution in [0.1, 0.15) is 32.1 Å². The average Bonchev–Trinajstić information content (AvgIpc) is 2.93. The average molecular weight is 528 g/mol. The monoisotopic (exact) mass is 527 g/mol. The van der Waals surface area contributed by atoms with Crippen molar-refractivity contribution in [1.82, 2.24) is 5.32 Å². The quantitative estimate of drug-likeness (QED) is 0.125. The molecule has 33 heavy (non-hydrogen) atoms. The van der Waals surface area contributed by atoms with E-state index in [0.29, 0.717) is 23.6 Å². The molecule has 1 aromatic rings. The van der Waals surface area contributed by atoms with Gasteiger partial charge >= 0.3 is 17.8 Å². The van der Waals surface area contributed by atoms with E-state index in [1.54, 1.807) is 6.07 Å². The summed E-state index contributed by atoms with van der Waals surface area (Å²) in [6.07, 6.45) is -0.155. The first-order chi connectivity index (χ1) is 15.3. The van der Waals surface area contributed by atoms with Gasteiger partial charge < -0.3 is 10.1 Å². The molecule has 1 aliphatic heterocycles. The van der Waals surface area contributed by atoms with Crippen LogP contribution >= 0.6 is 23.2 Å². The van der Waals surface area contributed by atoms with Gasteiger partial charge in [0.2, 0.25) is 5.25 Å². The highest BCUT2D eigenvalue weighted by Gasteiger charge is 2.65. The molecule has 0 spiro atoms. The summed E-state index contributed by atoms with van der Waals surface area (Å²) in [5, 5.41) is 11.0. The molecule has 3 N–H and O–H groups in total. The molecule has 3 amide bonds. The molecule has 2 rings (SSSR count). The van der Waals surface area contributed by atoms with Crippen LogP contribution in [0.2, 0.25) is 10.0 Å². The van der Waals surface area contributed by atoms with E-state index < -0.39 is 50.3 Å². The summed E-state index contributed by atoms with van der Waals surface area (Å²) in [5.41, 5.74) is 0. The fourth-order valence-corrected chi connectivity index (χ4v) is 4.01. The molecular formula is C18H21Cl2N2O10S+. The Labute approximate surface area is 198 Å². The molecule has 0 radical (unpaired) electrons. The van der Waals surface area contributed by atoms with Crippen LogP contribution in [0.25, 0.3) is 0 Å². The molecule has 0 bridgehead atoms. The molecule has 1 heterocycles. The summed E-state index contributed by atoms with van der Waals surface area (Å²) in [7, 11) is -4.94. The lowest BCUT2D eigenvalue weighted by molar-refractivity contribution is -1.12. The SMILES string of the molecule is O=C(COc1ccc(Cl)cc1Cl)NCCCCCC(=O)O[N+]1(O)C(=O)CC(S(=O)(=O)O)C1=O. The van der Waals surface area contributed by atoms with Crippen molar-refractivity contribution in [2.75, 3.05) is 13.2 Å². The number of hydrogen-bond donors (Lipinski definition) is 3. The van der Waals surface area contributed by atoms with Gasteiger partial charge in [-0.25, -0.2) is 19.2 Å². The molecule has 0 aliphatic carbocycles. The molecule has 15 heteroatoms. The Morgan fingerprint density at radius 3 is 2.48 bits per heavy atom. The van der Waals surface area contributed by atoms with Gasteiger partial charge in [-0.3, -0.25) is 9.35 Å². The zero-order valence-corrected chi connectivity index (χ0v) is 19.4. The van der Waals surface area contributed by atoms with Crippen molar-refractivity contribution < 1.29 is 51.7 Å². The molecule has 0 saturated carbocycles. The predicted molar refractivity (Wildman–Crippen MR) is 112 cm³/mol. The van der Waals surface area contributed by atoms with E-state index in [-0.39, 0.29) is 31.0 Å². The number of hydrogen-bond acceptors (Lipinski definition) is 9. The minimum atomic E-state index is -4.94. The molecule has 2 atom stereocenters. The summed E-state index contributed by atoms with van der Waals surface area (Å²) < 4.78 is 36.4. The number of imide groups is 1. The lowest BCUT2D eigenvalue weighted by Gasteiger charge is -2.16. The highest BCUT2D eigenvalue weighted by Crippen LogP contribution is 2.28. The van der Waals surface area contributed by atoms with Crippen LogP contribution in [0.4, 0.5) is 0 Å². The number of benzene rings is 1. The smallest absolute Gasteiger partial charge is 0.417 e. The highest BCUT2D eigenvalue weighted by molar-refractivity contribution is 7.87. The Morgan fingerprint density at radius 2 is 1.88 bits per heavy atom. The number of quaternary nitrogens is 1. The van der Waals surface area contributed by atoms with E-state index in [9.17, 15) is 32.8 Å². The van der Waals surface area contributed by atoms with E-state index in [2.05, 4.69) is 10.2 Å². The van der Waals surface area contributed by atoms with Crippen LogP contribution < -0.4 is 10.1 Å². The molecule has 12 nitrogen and oxygen atoms in total. The molecular weight excluding hydrogens is 507 g/mol. The van der Waals surface area contributed by atoms with E-state index in [0.717, 1.165) is 0 Å². The summed E-state index contributed by atoms with van der Waals surface area (Å²) in [6, 6.07) is 4.57. The lowest BCUT2D eigenvalue weighted by atomic mass is 10.2. The number of carbonyl (C=O) groups is 4. The number of halogens is 2. The Kier molecular flexibility index (Phi) is 9.17. The molecule has 1 saturated heterocycles. The lowest BCUT2D eigenvalue weighted by Crippen LogP contribution is -2.52. The summed E-state index contributed by atoms with van der Waals surface area (Å²) in [5.74, 6) is -4.27. The number of amides is 3. The minimum absolute atomic E-state index is 0.232. The van der Waals surface area contributed by atoms with Crippen LogP contribution in [0.3, 0.4) is 0 Å². The number of nitrogens with zero attached hydrogens (tertiary/aromatic N) is 1. The Hall–Kier alpha value is -2.29. The molecule has 2 unspecified atom stereocenters. The maximum absolute atomic E-state index is 11.9. The first kappa shape index (κ1) is 27.0. The fourth-order valence-electron chi connectivity index (χ4n) is 2.79. The third kappa shape index (κ3) is 7.35. The van der Waals surface area contributed by atoms with Gasteiger partial charge in [0.25, 0.3) is 16.0 Å². The van der Waals surface area contributed by atoms with Gasteiger partial charge in [-0.05, 0) is 31.0 Å². The van der Waals surface area contributed by atoms with E-state index in [1.807, 2.05) is 0 Å². The van der Waals surface area contributed by atoms with E-state index >= 15 is 0 Å². The minimum Gasteiger partial charge on any atom is -0.482 e. The zero-order chi connectivity index (χ0) is 24.8. The van der Waals surface area contributed by atoms with Gasteiger partial charge in [0, 0.05) is 11.6 Å². The fraction of sp³-hybridized carbons (Fsp3) is 0.444. The molecule has 1 fully saturated rings. The molecule has 0 aromatic heterocycles. The Morgan fingerprint density at radius 1 is 1.18 bits per heavy atom. The maximum Gasteiger partial charge on any atom is 0.417 e. The molecule has 182 valence electrons. The van der Waals surface area contributed by atoms with Crippen LogP contribution in [0.15, 0.2) is 18.2 Å². The van der Waals surface area contributed by atoms with Gasteiger partial charge in [-0.15, -0.1) is 0 Å². The summed E-state index contributed by atoms with van der Waals surface area (Å²) >= 11 is 11.7. The third-order valence-electron chi connectivity index (χ3n) is 4.50. The summed E-state index contributed by atoms with van der Waals surface area (Å²) in [4.78, 5) is 49.3. The number of rotatable bonds is 11. The second-order valence-electron chi connectivity index (χ2n) is 7.00. The van der Waals surface area contributed by atoms with Crippen molar-refractivity contribution in [2.24, 2.45) is 0 Å². The largest absolute Gasteiger partial charge is 0.482 e. The standard InChI is InChI=1S/C18H20Cl2N2O10S/c19-11-5-6-13(12(20)8-11)31-10-15(23)21-7-3-1-2-4-17(25)32-22(27)16(24)9-14(18(22)26)33(28,29)30/h5-6,8,14,27H,1-4,7,9-10H2,(H-,21,23,28,29,30)/p+1. The van der Waals surface area contributed by atoms with Gasteiger partial charge in [0.05, 0.1) is 11.4 Å².